The second-order valence-electron chi connectivity index (χ2n) is 3.80. The average molecular weight is 206 g/mol. The summed E-state index contributed by atoms with van der Waals surface area (Å²) in [6.45, 7) is 3.73. The predicted molar refractivity (Wildman–Crippen MR) is 59.1 cm³/mol. The number of aryl methyl sites for hydroxylation is 1. The van der Waals surface area contributed by atoms with E-state index in [0.29, 0.717) is 0 Å². The fourth-order valence-electron chi connectivity index (χ4n) is 1.86. The highest BCUT2D eigenvalue weighted by molar-refractivity contribution is 5.78. The third-order valence-electron chi connectivity index (χ3n) is 2.64. The minimum absolute atomic E-state index is 0.0405. The van der Waals surface area contributed by atoms with Crippen LogP contribution < -0.4 is 5.69 Å². The van der Waals surface area contributed by atoms with Crippen molar-refractivity contribution in [2.75, 3.05) is 6.61 Å². The van der Waals surface area contributed by atoms with E-state index in [2.05, 4.69) is 4.98 Å². The zero-order chi connectivity index (χ0) is 11.0. The molecule has 0 amide bonds. The van der Waals surface area contributed by atoms with Crippen molar-refractivity contribution in [1.82, 2.24) is 9.55 Å². The zero-order valence-corrected chi connectivity index (χ0v) is 8.82. The lowest BCUT2D eigenvalue weighted by Crippen LogP contribution is -2.22. The van der Waals surface area contributed by atoms with Gasteiger partial charge in [-0.3, -0.25) is 4.57 Å². The van der Waals surface area contributed by atoms with Crippen LogP contribution in [0.4, 0.5) is 0 Å². The molecule has 1 aromatic heterocycles. The molecule has 1 unspecified atom stereocenters. The van der Waals surface area contributed by atoms with Crippen molar-refractivity contribution in [2.45, 2.75) is 19.9 Å². The molecular formula is C11H14N2O2. The van der Waals surface area contributed by atoms with E-state index in [1.807, 2.05) is 32.0 Å². The fourth-order valence-corrected chi connectivity index (χ4v) is 1.86. The number of fused-ring (bicyclic) bond motifs is 1. The molecule has 0 aliphatic rings. The summed E-state index contributed by atoms with van der Waals surface area (Å²) in [6.07, 6.45) is 0. The van der Waals surface area contributed by atoms with Gasteiger partial charge in [0.1, 0.15) is 0 Å². The van der Waals surface area contributed by atoms with Crippen molar-refractivity contribution in [3.8, 4) is 0 Å². The molecule has 0 aliphatic carbocycles. The quantitative estimate of drug-likeness (QED) is 0.775. The highest BCUT2D eigenvalue weighted by Crippen LogP contribution is 2.18. The van der Waals surface area contributed by atoms with Crippen molar-refractivity contribution in [1.29, 1.82) is 0 Å². The number of aromatic nitrogens is 2. The Bertz CT molecular complexity index is 539. The minimum Gasteiger partial charge on any atom is -0.394 e. The van der Waals surface area contributed by atoms with Crippen molar-refractivity contribution in [2.24, 2.45) is 0 Å². The molecule has 0 fully saturated rings. The number of para-hydroxylation sites is 1. The molecule has 0 saturated carbocycles. The lowest BCUT2D eigenvalue weighted by Gasteiger charge is -2.10. The van der Waals surface area contributed by atoms with Crippen LogP contribution in [0, 0.1) is 6.92 Å². The Kier molecular flexibility index (Phi) is 2.36. The van der Waals surface area contributed by atoms with E-state index in [9.17, 15) is 4.79 Å². The molecule has 0 bridgehead atoms. The van der Waals surface area contributed by atoms with Crippen LogP contribution in [0.1, 0.15) is 18.5 Å². The number of hydrogen-bond acceptors (Lipinski definition) is 2. The smallest absolute Gasteiger partial charge is 0.326 e. The third kappa shape index (κ3) is 1.47. The third-order valence-corrected chi connectivity index (χ3v) is 2.64. The second kappa shape index (κ2) is 3.55. The maximum atomic E-state index is 11.7. The molecule has 1 heterocycles. The van der Waals surface area contributed by atoms with Gasteiger partial charge >= 0.3 is 5.69 Å². The largest absolute Gasteiger partial charge is 0.394 e. The Balaban J connectivity index is 2.82. The summed E-state index contributed by atoms with van der Waals surface area (Å²) in [5.74, 6) is 0. The molecule has 15 heavy (non-hydrogen) atoms. The summed E-state index contributed by atoms with van der Waals surface area (Å²) in [5.41, 5.74) is 2.57. The Morgan fingerprint density at radius 1 is 1.53 bits per heavy atom. The van der Waals surface area contributed by atoms with E-state index in [-0.39, 0.29) is 18.3 Å². The van der Waals surface area contributed by atoms with E-state index in [4.69, 9.17) is 5.11 Å². The van der Waals surface area contributed by atoms with E-state index in [1.54, 1.807) is 4.57 Å². The molecule has 1 aromatic carbocycles. The van der Waals surface area contributed by atoms with Gasteiger partial charge in [0.2, 0.25) is 0 Å². The van der Waals surface area contributed by atoms with E-state index in [1.165, 1.54) is 0 Å². The number of benzene rings is 1. The first-order valence-corrected chi connectivity index (χ1v) is 4.96. The van der Waals surface area contributed by atoms with Crippen molar-refractivity contribution in [3.63, 3.8) is 0 Å². The van der Waals surface area contributed by atoms with Crippen molar-refractivity contribution < 1.29 is 5.11 Å². The normalized spacial score (nSPS) is 13.3. The number of H-pyrrole nitrogens is 1. The zero-order valence-electron chi connectivity index (χ0n) is 8.82. The van der Waals surface area contributed by atoms with Crippen LogP contribution in [0.5, 0.6) is 0 Å². The van der Waals surface area contributed by atoms with Crippen LogP contribution in [0.25, 0.3) is 11.0 Å². The summed E-state index contributed by atoms with van der Waals surface area (Å²) in [6, 6.07) is 5.52. The number of imidazole rings is 1. The monoisotopic (exact) mass is 206 g/mol. The molecular weight excluding hydrogens is 192 g/mol. The van der Waals surface area contributed by atoms with E-state index < -0.39 is 0 Å². The van der Waals surface area contributed by atoms with Gasteiger partial charge in [0, 0.05) is 0 Å². The molecule has 0 saturated heterocycles. The van der Waals surface area contributed by atoms with Crippen LogP contribution in [-0.2, 0) is 0 Å². The van der Waals surface area contributed by atoms with Crippen LogP contribution in [-0.4, -0.2) is 21.3 Å². The SMILES string of the molecule is Cc1cccc2[nH]c(=O)n(C(C)CO)c12. The Morgan fingerprint density at radius 2 is 2.27 bits per heavy atom. The molecule has 2 aromatic rings. The molecule has 4 heteroatoms. The first kappa shape index (κ1) is 9.98. The van der Waals surface area contributed by atoms with Gasteiger partial charge in [0.25, 0.3) is 0 Å². The standard InChI is InChI=1S/C11H14N2O2/c1-7-4-3-5-9-10(7)13(8(2)6-14)11(15)12-9/h3-5,8,14H,6H2,1-2H3,(H,12,15). The summed E-state index contributed by atoms with van der Waals surface area (Å²) in [4.78, 5) is 14.5. The summed E-state index contributed by atoms with van der Waals surface area (Å²) < 4.78 is 1.60. The Hall–Kier alpha value is -1.55. The van der Waals surface area contributed by atoms with Crippen molar-refractivity contribution >= 4 is 11.0 Å². The van der Waals surface area contributed by atoms with Gasteiger partial charge in [-0.1, -0.05) is 12.1 Å². The summed E-state index contributed by atoms with van der Waals surface area (Å²) >= 11 is 0. The lowest BCUT2D eigenvalue weighted by atomic mass is 10.2. The van der Waals surface area contributed by atoms with Gasteiger partial charge in [0.05, 0.1) is 23.7 Å². The highest BCUT2D eigenvalue weighted by Gasteiger charge is 2.13. The van der Waals surface area contributed by atoms with Gasteiger partial charge in [-0.2, -0.15) is 0 Å². The second-order valence-corrected chi connectivity index (χ2v) is 3.80. The van der Waals surface area contributed by atoms with Crippen LogP contribution in [0.2, 0.25) is 0 Å². The maximum absolute atomic E-state index is 11.7. The number of rotatable bonds is 2. The lowest BCUT2D eigenvalue weighted by molar-refractivity contribution is 0.239. The molecule has 0 spiro atoms. The number of aliphatic hydroxyl groups excluding tert-OH is 1. The van der Waals surface area contributed by atoms with Crippen LogP contribution in [0.3, 0.4) is 0 Å². The van der Waals surface area contributed by atoms with E-state index >= 15 is 0 Å². The molecule has 2 rings (SSSR count). The molecule has 0 aliphatic heterocycles. The molecule has 1 atom stereocenters. The highest BCUT2D eigenvalue weighted by atomic mass is 16.3. The molecule has 4 nitrogen and oxygen atoms in total. The van der Waals surface area contributed by atoms with Crippen LogP contribution in [0.15, 0.2) is 23.0 Å². The van der Waals surface area contributed by atoms with Gasteiger partial charge < -0.3 is 10.1 Å². The number of nitrogens with zero attached hydrogens (tertiary/aromatic N) is 1. The predicted octanol–water partition coefficient (Wildman–Crippen LogP) is 1.19. The van der Waals surface area contributed by atoms with Crippen LogP contribution >= 0.6 is 0 Å². The molecule has 2 N–H and O–H groups in total. The summed E-state index contributed by atoms with van der Waals surface area (Å²) in [7, 11) is 0. The topological polar surface area (TPSA) is 58.0 Å². The molecule has 80 valence electrons. The van der Waals surface area contributed by atoms with Gasteiger partial charge in [-0.25, -0.2) is 4.79 Å². The number of aromatic amines is 1. The first-order chi connectivity index (χ1) is 7.15. The number of aliphatic hydroxyl groups is 1. The fraction of sp³-hybridized carbons (Fsp3) is 0.364. The van der Waals surface area contributed by atoms with E-state index in [0.717, 1.165) is 16.6 Å². The Morgan fingerprint density at radius 3 is 2.93 bits per heavy atom. The number of nitrogens with one attached hydrogen (secondary N) is 1. The molecule has 0 radical (unpaired) electrons. The maximum Gasteiger partial charge on any atom is 0.326 e. The average Bonchev–Trinajstić information content (AvgIpc) is 2.55. The minimum atomic E-state index is -0.202. The Labute approximate surface area is 87.2 Å². The van der Waals surface area contributed by atoms with Gasteiger partial charge in [0.15, 0.2) is 0 Å². The number of hydrogen-bond donors (Lipinski definition) is 2. The summed E-state index contributed by atoms with van der Waals surface area (Å²) in [5, 5.41) is 9.11. The van der Waals surface area contributed by atoms with Gasteiger partial charge in [-0.15, -0.1) is 0 Å². The van der Waals surface area contributed by atoms with Gasteiger partial charge in [-0.05, 0) is 25.5 Å². The van der Waals surface area contributed by atoms with Crippen molar-refractivity contribution in [3.05, 3.63) is 34.2 Å². The first-order valence-electron chi connectivity index (χ1n) is 4.96.